The lowest BCUT2D eigenvalue weighted by molar-refractivity contribution is -0.139. The number of nitrogens with zero attached hydrogens (tertiary/aromatic N) is 1. The first-order valence-corrected chi connectivity index (χ1v) is 6.62. The van der Waals surface area contributed by atoms with Gasteiger partial charge in [0.15, 0.2) is 0 Å². The van der Waals surface area contributed by atoms with Crippen LogP contribution in [0.4, 0.5) is 0 Å². The van der Waals surface area contributed by atoms with Crippen molar-refractivity contribution >= 4 is 29.5 Å². The molecule has 2 amide bonds. The summed E-state index contributed by atoms with van der Waals surface area (Å²) in [5.74, 6) is 0.134. The molecule has 0 bridgehead atoms. The molecule has 7 heteroatoms. The number of carboxylic acid groups (broad SMARTS) is 1. The first-order valence-electron chi connectivity index (χ1n) is 5.47. The van der Waals surface area contributed by atoms with Crippen LogP contribution in [-0.4, -0.2) is 57.9 Å². The standard InChI is InChI=1S/C10H14N2O4S/c13-8-4-7(10(16)11-8)12-1-2-17-5-6(12)3-9(14)15/h6-7H,1-5H2,(H,14,15)(H,11,13,16). The van der Waals surface area contributed by atoms with Crippen molar-refractivity contribution in [1.29, 1.82) is 0 Å². The third kappa shape index (κ3) is 2.78. The summed E-state index contributed by atoms with van der Waals surface area (Å²) in [7, 11) is 0. The maximum absolute atomic E-state index is 11.6. The largest absolute Gasteiger partial charge is 0.481 e. The zero-order valence-electron chi connectivity index (χ0n) is 9.22. The molecule has 2 unspecified atom stereocenters. The molecule has 2 rings (SSSR count). The van der Waals surface area contributed by atoms with Crippen LogP contribution in [0, 0.1) is 0 Å². The molecule has 0 aliphatic carbocycles. The quantitative estimate of drug-likeness (QED) is 0.651. The van der Waals surface area contributed by atoms with Crippen molar-refractivity contribution in [2.45, 2.75) is 24.9 Å². The fourth-order valence-electron chi connectivity index (χ4n) is 2.26. The number of hydrogen-bond donors (Lipinski definition) is 2. The summed E-state index contributed by atoms with van der Waals surface area (Å²) in [5, 5.41) is 11.1. The minimum atomic E-state index is -0.868. The van der Waals surface area contributed by atoms with E-state index in [1.54, 1.807) is 11.8 Å². The Balaban J connectivity index is 2.08. The van der Waals surface area contributed by atoms with Crippen LogP contribution in [0.3, 0.4) is 0 Å². The summed E-state index contributed by atoms with van der Waals surface area (Å²) < 4.78 is 0. The van der Waals surface area contributed by atoms with Gasteiger partial charge in [-0.25, -0.2) is 0 Å². The zero-order chi connectivity index (χ0) is 12.4. The fraction of sp³-hybridized carbons (Fsp3) is 0.700. The maximum atomic E-state index is 11.6. The van der Waals surface area contributed by atoms with Gasteiger partial charge in [-0.05, 0) is 0 Å². The van der Waals surface area contributed by atoms with E-state index in [1.165, 1.54) is 0 Å². The minimum absolute atomic E-state index is 0.0188. The van der Waals surface area contributed by atoms with Crippen molar-refractivity contribution in [1.82, 2.24) is 10.2 Å². The van der Waals surface area contributed by atoms with Crippen molar-refractivity contribution in [2.75, 3.05) is 18.1 Å². The lowest BCUT2D eigenvalue weighted by Crippen LogP contribution is -2.51. The van der Waals surface area contributed by atoms with Gasteiger partial charge in [-0.3, -0.25) is 24.6 Å². The normalized spacial score (nSPS) is 30.4. The SMILES string of the molecule is O=C(O)CC1CSCCN1C1CC(=O)NC1=O. The van der Waals surface area contributed by atoms with Crippen molar-refractivity contribution < 1.29 is 19.5 Å². The van der Waals surface area contributed by atoms with Gasteiger partial charge in [-0.1, -0.05) is 0 Å². The predicted molar refractivity (Wildman–Crippen MR) is 61.6 cm³/mol. The highest BCUT2D eigenvalue weighted by Crippen LogP contribution is 2.24. The smallest absolute Gasteiger partial charge is 0.304 e. The van der Waals surface area contributed by atoms with Gasteiger partial charge < -0.3 is 5.11 Å². The summed E-state index contributed by atoms with van der Waals surface area (Å²) in [6.45, 7) is 0.661. The van der Waals surface area contributed by atoms with Crippen molar-refractivity contribution in [3.05, 3.63) is 0 Å². The maximum Gasteiger partial charge on any atom is 0.304 e. The molecule has 6 nitrogen and oxygen atoms in total. The van der Waals surface area contributed by atoms with E-state index in [1.807, 2.05) is 4.90 Å². The molecule has 0 radical (unpaired) electrons. The molecule has 0 spiro atoms. The highest BCUT2D eigenvalue weighted by Gasteiger charge is 2.40. The molecule has 2 heterocycles. The summed E-state index contributed by atoms with van der Waals surface area (Å²) in [5.41, 5.74) is 0. The van der Waals surface area contributed by atoms with Gasteiger partial charge >= 0.3 is 5.97 Å². The van der Waals surface area contributed by atoms with Crippen LogP contribution in [0.5, 0.6) is 0 Å². The van der Waals surface area contributed by atoms with E-state index >= 15 is 0 Å². The van der Waals surface area contributed by atoms with E-state index in [0.29, 0.717) is 12.3 Å². The monoisotopic (exact) mass is 258 g/mol. The number of thioether (sulfide) groups is 1. The topological polar surface area (TPSA) is 86.7 Å². The molecule has 2 aliphatic rings. The van der Waals surface area contributed by atoms with Crippen LogP contribution in [0.25, 0.3) is 0 Å². The highest BCUT2D eigenvalue weighted by molar-refractivity contribution is 7.99. The number of amides is 2. The van der Waals surface area contributed by atoms with Crippen molar-refractivity contribution in [3.8, 4) is 0 Å². The highest BCUT2D eigenvalue weighted by atomic mass is 32.2. The number of carboxylic acids is 1. The second kappa shape index (κ2) is 5.05. The van der Waals surface area contributed by atoms with E-state index in [2.05, 4.69) is 5.32 Å². The van der Waals surface area contributed by atoms with Crippen LogP contribution in [0.2, 0.25) is 0 Å². The van der Waals surface area contributed by atoms with Gasteiger partial charge in [0.2, 0.25) is 11.8 Å². The van der Waals surface area contributed by atoms with E-state index < -0.39 is 12.0 Å². The van der Waals surface area contributed by atoms with Gasteiger partial charge in [0.25, 0.3) is 0 Å². The summed E-state index contributed by atoms with van der Waals surface area (Å²) >= 11 is 1.69. The minimum Gasteiger partial charge on any atom is -0.481 e. The fourth-order valence-corrected chi connectivity index (χ4v) is 3.35. The molecule has 2 N–H and O–H groups in total. The second-order valence-electron chi connectivity index (χ2n) is 4.20. The Labute approximate surface area is 103 Å². The molecule has 2 aliphatic heterocycles. The first kappa shape index (κ1) is 12.4. The predicted octanol–water partition coefficient (Wildman–Crippen LogP) is -0.706. The number of rotatable bonds is 3. The molecule has 0 aromatic carbocycles. The van der Waals surface area contributed by atoms with Crippen LogP contribution < -0.4 is 5.32 Å². The van der Waals surface area contributed by atoms with Gasteiger partial charge in [-0.2, -0.15) is 11.8 Å². The molecular weight excluding hydrogens is 244 g/mol. The van der Waals surface area contributed by atoms with E-state index in [9.17, 15) is 14.4 Å². The van der Waals surface area contributed by atoms with Gasteiger partial charge in [0.05, 0.1) is 18.9 Å². The number of carbonyl (C=O) groups excluding carboxylic acids is 2. The summed E-state index contributed by atoms with van der Waals surface area (Å²) in [6.07, 6.45) is 0.171. The van der Waals surface area contributed by atoms with Crippen LogP contribution in [0.15, 0.2) is 0 Å². The first-order chi connectivity index (χ1) is 8.08. The number of carbonyl (C=O) groups is 3. The van der Waals surface area contributed by atoms with Crippen LogP contribution in [0.1, 0.15) is 12.8 Å². The van der Waals surface area contributed by atoms with E-state index in [-0.39, 0.29) is 30.7 Å². The summed E-state index contributed by atoms with van der Waals surface area (Å²) in [4.78, 5) is 35.4. The van der Waals surface area contributed by atoms with Crippen molar-refractivity contribution in [3.63, 3.8) is 0 Å². The number of hydrogen-bond acceptors (Lipinski definition) is 5. The molecule has 17 heavy (non-hydrogen) atoms. The number of nitrogens with one attached hydrogen (secondary N) is 1. The average molecular weight is 258 g/mol. The third-order valence-electron chi connectivity index (χ3n) is 3.03. The van der Waals surface area contributed by atoms with E-state index in [0.717, 1.165) is 5.75 Å². The lowest BCUT2D eigenvalue weighted by atomic mass is 10.1. The van der Waals surface area contributed by atoms with E-state index in [4.69, 9.17) is 5.11 Å². The van der Waals surface area contributed by atoms with Crippen molar-refractivity contribution in [2.24, 2.45) is 0 Å². The Bertz CT molecular complexity index is 360. The van der Waals surface area contributed by atoms with Crippen LogP contribution >= 0.6 is 11.8 Å². The zero-order valence-corrected chi connectivity index (χ0v) is 10.0. The molecule has 2 fully saturated rings. The van der Waals surface area contributed by atoms with Gasteiger partial charge in [0.1, 0.15) is 0 Å². The van der Waals surface area contributed by atoms with Gasteiger partial charge in [-0.15, -0.1) is 0 Å². The molecule has 94 valence electrons. The Kier molecular flexibility index (Phi) is 3.68. The van der Waals surface area contributed by atoms with Gasteiger partial charge in [0, 0.05) is 24.1 Å². The molecule has 0 aromatic rings. The Morgan fingerprint density at radius 3 is 2.88 bits per heavy atom. The lowest BCUT2D eigenvalue weighted by Gasteiger charge is -2.37. The third-order valence-corrected chi connectivity index (χ3v) is 4.12. The molecular formula is C10H14N2O4S. The van der Waals surface area contributed by atoms with Crippen LogP contribution in [-0.2, 0) is 14.4 Å². The Hall–Kier alpha value is -1.08. The molecule has 2 saturated heterocycles. The average Bonchev–Trinajstić information content (AvgIpc) is 2.58. The number of aliphatic carboxylic acids is 1. The second-order valence-corrected chi connectivity index (χ2v) is 5.35. The summed E-state index contributed by atoms with van der Waals surface area (Å²) in [6, 6.07) is -0.638. The number of imide groups is 1. The molecule has 2 atom stereocenters. The Morgan fingerprint density at radius 2 is 2.29 bits per heavy atom. The Morgan fingerprint density at radius 1 is 1.53 bits per heavy atom. The molecule has 0 aromatic heterocycles. The molecule has 0 saturated carbocycles.